The van der Waals surface area contributed by atoms with Crippen molar-refractivity contribution in [3.63, 3.8) is 0 Å². The quantitative estimate of drug-likeness (QED) is 0.340. The summed E-state index contributed by atoms with van der Waals surface area (Å²) in [6, 6.07) is 26.2. The zero-order valence-electron chi connectivity index (χ0n) is 18.6. The van der Waals surface area contributed by atoms with Gasteiger partial charge in [-0.15, -0.1) is 0 Å². The van der Waals surface area contributed by atoms with Gasteiger partial charge in [0.15, 0.2) is 0 Å². The Morgan fingerprint density at radius 3 is 1.93 bits per heavy atom. The van der Waals surface area contributed by atoms with Crippen LogP contribution in [-0.2, 0) is 14.6 Å². The summed E-state index contributed by atoms with van der Waals surface area (Å²) < 4.78 is 13.1. The summed E-state index contributed by atoms with van der Waals surface area (Å²) in [6.45, 7) is 11.0. The molecule has 0 saturated carbocycles. The van der Waals surface area contributed by atoms with Gasteiger partial charge in [-0.2, -0.15) is 0 Å². The molecular weight excluding hydrogens is 384 g/mol. The van der Waals surface area contributed by atoms with Gasteiger partial charge in [-0.25, -0.2) is 0 Å². The van der Waals surface area contributed by atoms with E-state index in [1.54, 1.807) is 0 Å². The number of hydrogen-bond donors (Lipinski definition) is 0. The van der Waals surface area contributed by atoms with Gasteiger partial charge in [-0.1, -0.05) is 79.7 Å². The summed E-state index contributed by atoms with van der Waals surface area (Å²) in [4.78, 5) is 0. The Kier molecular flexibility index (Phi) is 5.96. The lowest BCUT2D eigenvalue weighted by Crippen LogP contribution is -2.50. The van der Waals surface area contributed by atoms with Crippen LogP contribution in [-0.4, -0.2) is 28.1 Å². The summed E-state index contributed by atoms with van der Waals surface area (Å²) in [5.41, 5.74) is 6.33. The van der Waals surface area contributed by atoms with E-state index in [4.69, 9.17) is 9.16 Å². The third-order valence-corrected chi connectivity index (χ3v) is 9.07. The van der Waals surface area contributed by atoms with E-state index in [0.717, 1.165) is 13.0 Å². The standard InChI is InChI=1S/C27H32O2Si/c1-5-18-28-19-27(20-29-30(3,4)26-17-11-6-12-21(26)2)24-15-9-7-13-22(24)23-14-8-10-16-25(23)27/h6-17H,5,18-20H2,1-4H3. The summed E-state index contributed by atoms with van der Waals surface area (Å²) in [5, 5.41) is 1.37. The minimum absolute atomic E-state index is 0.269. The van der Waals surface area contributed by atoms with Crippen LogP contribution < -0.4 is 5.19 Å². The first kappa shape index (κ1) is 21.0. The fourth-order valence-electron chi connectivity index (χ4n) is 4.79. The lowest BCUT2D eigenvalue weighted by atomic mass is 9.79. The molecule has 3 aromatic carbocycles. The van der Waals surface area contributed by atoms with Crippen LogP contribution >= 0.6 is 0 Å². The molecule has 0 saturated heterocycles. The Balaban J connectivity index is 1.75. The molecule has 0 amide bonds. The smallest absolute Gasteiger partial charge is 0.218 e. The first-order chi connectivity index (χ1) is 14.5. The zero-order valence-corrected chi connectivity index (χ0v) is 19.6. The molecule has 0 bridgehead atoms. The first-order valence-electron chi connectivity index (χ1n) is 11.0. The highest BCUT2D eigenvalue weighted by Gasteiger charge is 2.45. The number of ether oxygens (including phenoxy) is 1. The van der Waals surface area contributed by atoms with Crippen molar-refractivity contribution >= 4 is 13.5 Å². The van der Waals surface area contributed by atoms with E-state index in [-0.39, 0.29) is 5.41 Å². The van der Waals surface area contributed by atoms with Crippen LogP contribution in [0, 0.1) is 6.92 Å². The highest BCUT2D eigenvalue weighted by Crippen LogP contribution is 2.49. The number of aryl methyl sites for hydroxylation is 1. The van der Waals surface area contributed by atoms with Crippen molar-refractivity contribution in [1.29, 1.82) is 0 Å². The van der Waals surface area contributed by atoms with E-state index in [1.807, 2.05) is 0 Å². The predicted molar refractivity (Wildman–Crippen MR) is 128 cm³/mol. The van der Waals surface area contributed by atoms with E-state index in [9.17, 15) is 0 Å². The maximum atomic E-state index is 6.89. The van der Waals surface area contributed by atoms with Crippen molar-refractivity contribution in [1.82, 2.24) is 0 Å². The number of benzene rings is 3. The maximum absolute atomic E-state index is 6.89. The van der Waals surface area contributed by atoms with Crippen molar-refractivity contribution < 1.29 is 9.16 Å². The third-order valence-electron chi connectivity index (χ3n) is 6.35. The summed E-state index contributed by atoms with van der Waals surface area (Å²) >= 11 is 0. The first-order valence-corrected chi connectivity index (χ1v) is 13.9. The van der Waals surface area contributed by atoms with Crippen molar-refractivity contribution in [3.8, 4) is 11.1 Å². The largest absolute Gasteiger partial charge is 0.412 e. The minimum Gasteiger partial charge on any atom is -0.412 e. The molecule has 2 nitrogen and oxygen atoms in total. The van der Waals surface area contributed by atoms with Crippen molar-refractivity contribution in [2.45, 2.75) is 38.8 Å². The number of fused-ring (bicyclic) bond motifs is 3. The second-order valence-electron chi connectivity index (χ2n) is 8.84. The van der Waals surface area contributed by atoms with E-state index < -0.39 is 8.32 Å². The number of rotatable bonds is 8. The molecule has 0 N–H and O–H groups in total. The van der Waals surface area contributed by atoms with Gasteiger partial charge >= 0.3 is 0 Å². The van der Waals surface area contributed by atoms with Gasteiger partial charge in [0, 0.05) is 6.61 Å². The van der Waals surface area contributed by atoms with Gasteiger partial charge < -0.3 is 9.16 Å². The monoisotopic (exact) mass is 416 g/mol. The molecule has 0 spiro atoms. The topological polar surface area (TPSA) is 18.5 Å². The van der Waals surface area contributed by atoms with Crippen LogP contribution in [0.15, 0.2) is 72.8 Å². The molecule has 1 aliphatic rings. The second-order valence-corrected chi connectivity index (χ2v) is 12.7. The lowest BCUT2D eigenvalue weighted by Gasteiger charge is -2.36. The molecule has 30 heavy (non-hydrogen) atoms. The Morgan fingerprint density at radius 1 is 0.767 bits per heavy atom. The Hall–Kier alpha value is -2.20. The summed E-state index contributed by atoms with van der Waals surface area (Å²) in [7, 11) is -2.08. The van der Waals surface area contributed by atoms with Gasteiger partial charge in [0.1, 0.15) is 0 Å². The molecule has 0 unspecified atom stereocenters. The van der Waals surface area contributed by atoms with Gasteiger partial charge in [0.05, 0.1) is 18.6 Å². The second kappa shape index (κ2) is 8.50. The Bertz CT molecular complexity index is 979. The van der Waals surface area contributed by atoms with Crippen LogP contribution in [0.2, 0.25) is 13.1 Å². The molecule has 3 heteroatoms. The fraction of sp³-hybridized carbons (Fsp3) is 0.333. The molecule has 156 valence electrons. The highest BCUT2D eigenvalue weighted by molar-refractivity contribution is 6.84. The molecule has 0 aliphatic heterocycles. The van der Waals surface area contributed by atoms with Gasteiger partial charge in [-0.3, -0.25) is 0 Å². The summed E-state index contributed by atoms with van der Waals surface area (Å²) in [6.07, 6.45) is 1.02. The molecule has 0 fully saturated rings. The molecule has 0 atom stereocenters. The normalized spacial score (nSPS) is 14.4. The molecule has 4 rings (SSSR count). The average Bonchev–Trinajstić information content (AvgIpc) is 3.04. The van der Waals surface area contributed by atoms with Crippen LogP contribution in [0.1, 0.15) is 30.0 Å². The highest BCUT2D eigenvalue weighted by atomic mass is 28.4. The van der Waals surface area contributed by atoms with Crippen molar-refractivity contribution in [2.24, 2.45) is 0 Å². The predicted octanol–water partition coefficient (Wildman–Crippen LogP) is 5.82. The van der Waals surface area contributed by atoms with E-state index in [2.05, 4.69) is 99.7 Å². The molecule has 0 radical (unpaired) electrons. The van der Waals surface area contributed by atoms with Gasteiger partial charge in [-0.05, 0) is 59.4 Å². The van der Waals surface area contributed by atoms with Gasteiger partial charge in [0.2, 0.25) is 8.32 Å². The van der Waals surface area contributed by atoms with Crippen LogP contribution in [0.5, 0.6) is 0 Å². The van der Waals surface area contributed by atoms with Gasteiger partial charge in [0.25, 0.3) is 0 Å². The van der Waals surface area contributed by atoms with Crippen LogP contribution in [0.25, 0.3) is 11.1 Å². The lowest BCUT2D eigenvalue weighted by molar-refractivity contribution is 0.0747. The molecule has 0 aromatic heterocycles. The zero-order chi connectivity index (χ0) is 21.2. The average molecular weight is 417 g/mol. The van der Waals surface area contributed by atoms with E-state index in [0.29, 0.717) is 13.2 Å². The molecule has 3 aromatic rings. The van der Waals surface area contributed by atoms with E-state index >= 15 is 0 Å². The maximum Gasteiger partial charge on any atom is 0.218 e. The Labute approximate surface area is 182 Å². The SMILES string of the molecule is CCCOCC1(CO[Si](C)(C)c2ccccc2C)c2ccccc2-c2ccccc21. The van der Waals surface area contributed by atoms with Crippen LogP contribution in [0.4, 0.5) is 0 Å². The molecular formula is C27H32O2Si. The third kappa shape index (κ3) is 3.66. The van der Waals surface area contributed by atoms with Crippen molar-refractivity contribution in [2.75, 3.05) is 19.8 Å². The minimum atomic E-state index is -2.08. The fourth-order valence-corrected chi connectivity index (χ4v) is 7.08. The molecule has 1 aliphatic carbocycles. The number of hydrogen-bond acceptors (Lipinski definition) is 2. The van der Waals surface area contributed by atoms with E-state index in [1.165, 1.54) is 33.0 Å². The van der Waals surface area contributed by atoms with Crippen LogP contribution in [0.3, 0.4) is 0 Å². The Morgan fingerprint density at radius 2 is 1.33 bits per heavy atom. The molecule has 0 heterocycles. The van der Waals surface area contributed by atoms with Crippen molar-refractivity contribution in [3.05, 3.63) is 89.5 Å². The summed E-state index contributed by atoms with van der Waals surface area (Å²) in [5.74, 6) is 0.